The third kappa shape index (κ3) is 5.21. The van der Waals surface area contributed by atoms with E-state index in [2.05, 4.69) is 33.5 Å². The standard InChI is InChI=1S/C14H19BrN2O3/c1-3-5-8-16-14(19)17-12-7-6-10(9-11(12)15)13(18)20-4-2/h6-7,9H,3-5,8H2,1-2H3,(H2,16,17,19). The zero-order valence-electron chi connectivity index (χ0n) is 11.7. The van der Waals surface area contributed by atoms with E-state index in [0.717, 1.165) is 12.8 Å². The first-order valence-corrected chi connectivity index (χ1v) is 7.39. The molecule has 0 saturated heterocycles. The monoisotopic (exact) mass is 342 g/mol. The van der Waals surface area contributed by atoms with Gasteiger partial charge in [-0.2, -0.15) is 0 Å². The van der Waals surface area contributed by atoms with Gasteiger partial charge >= 0.3 is 12.0 Å². The Morgan fingerprint density at radius 2 is 2.05 bits per heavy atom. The number of urea groups is 1. The average Bonchev–Trinajstić information content (AvgIpc) is 2.41. The van der Waals surface area contributed by atoms with Crippen LogP contribution < -0.4 is 10.6 Å². The first kappa shape index (κ1) is 16.5. The van der Waals surface area contributed by atoms with Crippen LogP contribution in [0.4, 0.5) is 10.5 Å². The van der Waals surface area contributed by atoms with Crippen LogP contribution in [0.5, 0.6) is 0 Å². The van der Waals surface area contributed by atoms with Gasteiger partial charge in [-0.15, -0.1) is 0 Å². The molecule has 0 aliphatic carbocycles. The highest BCUT2D eigenvalue weighted by atomic mass is 79.9. The van der Waals surface area contributed by atoms with Gasteiger partial charge in [0.15, 0.2) is 0 Å². The van der Waals surface area contributed by atoms with Gasteiger partial charge in [-0.05, 0) is 47.5 Å². The Labute approximate surface area is 127 Å². The highest BCUT2D eigenvalue weighted by Gasteiger charge is 2.10. The second kappa shape index (κ2) is 8.58. The maximum Gasteiger partial charge on any atom is 0.338 e. The summed E-state index contributed by atoms with van der Waals surface area (Å²) in [7, 11) is 0. The van der Waals surface area contributed by atoms with Crippen LogP contribution in [0.2, 0.25) is 0 Å². The molecule has 2 amide bonds. The fourth-order valence-electron chi connectivity index (χ4n) is 1.50. The lowest BCUT2D eigenvalue weighted by atomic mass is 10.2. The Morgan fingerprint density at radius 3 is 2.65 bits per heavy atom. The molecule has 0 aliphatic rings. The first-order valence-electron chi connectivity index (χ1n) is 6.60. The van der Waals surface area contributed by atoms with Gasteiger partial charge in [0.25, 0.3) is 0 Å². The number of hydrogen-bond donors (Lipinski definition) is 2. The highest BCUT2D eigenvalue weighted by Crippen LogP contribution is 2.24. The molecular weight excluding hydrogens is 324 g/mol. The lowest BCUT2D eigenvalue weighted by molar-refractivity contribution is 0.0526. The minimum Gasteiger partial charge on any atom is -0.462 e. The van der Waals surface area contributed by atoms with Crippen molar-refractivity contribution in [3.8, 4) is 0 Å². The van der Waals surface area contributed by atoms with Crippen LogP contribution in [-0.4, -0.2) is 25.2 Å². The summed E-state index contributed by atoms with van der Waals surface area (Å²) in [6, 6.07) is 4.64. The van der Waals surface area contributed by atoms with E-state index >= 15 is 0 Å². The predicted molar refractivity (Wildman–Crippen MR) is 82.0 cm³/mol. The Morgan fingerprint density at radius 1 is 1.30 bits per heavy atom. The lowest BCUT2D eigenvalue weighted by Crippen LogP contribution is -2.29. The summed E-state index contributed by atoms with van der Waals surface area (Å²) >= 11 is 3.33. The average molecular weight is 343 g/mol. The molecule has 110 valence electrons. The molecule has 0 spiro atoms. The van der Waals surface area contributed by atoms with Gasteiger partial charge in [-0.3, -0.25) is 0 Å². The summed E-state index contributed by atoms with van der Waals surface area (Å²) in [5.41, 5.74) is 1.04. The van der Waals surface area contributed by atoms with Crippen molar-refractivity contribution in [1.82, 2.24) is 5.32 Å². The van der Waals surface area contributed by atoms with Crippen LogP contribution in [0.1, 0.15) is 37.0 Å². The van der Waals surface area contributed by atoms with Crippen molar-refractivity contribution in [2.45, 2.75) is 26.7 Å². The molecule has 0 saturated carbocycles. The van der Waals surface area contributed by atoms with Gasteiger partial charge < -0.3 is 15.4 Å². The second-order valence-electron chi connectivity index (χ2n) is 4.15. The molecule has 0 aromatic heterocycles. The molecule has 0 aliphatic heterocycles. The van der Waals surface area contributed by atoms with Gasteiger partial charge in [-0.25, -0.2) is 9.59 Å². The van der Waals surface area contributed by atoms with E-state index in [0.29, 0.717) is 28.9 Å². The molecular formula is C14H19BrN2O3. The number of benzene rings is 1. The van der Waals surface area contributed by atoms with Crippen molar-refractivity contribution in [3.63, 3.8) is 0 Å². The first-order chi connectivity index (χ1) is 9.58. The highest BCUT2D eigenvalue weighted by molar-refractivity contribution is 9.10. The van der Waals surface area contributed by atoms with Crippen molar-refractivity contribution in [2.75, 3.05) is 18.5 Å². The lowest BCUT2D eigenvalue weighted by Gasteiger charge is -2.10. The van der Waals surface area contributed by atoms with E-state index in [1.807, 2.05) is 0 Å². The third-order valence-electron chi connectivity index (χ3n) is 2.54. The van der Waals surface area contributed by atoms with Gasteiger partial charge in [0.1, 0.15) is 0 Å². The molecule has 1 aromatic carbocycles. The number of anilines is 1. The number of esters is 1. The zero-order valence-corrected chi connectivity index (χ0v) is 13.2. The van der Waals surface area contributed by atoms with E-state index in [1.165, 1.54) is 0 Å². The van der Waals surface area contributed by atoms with E-state index < -0.39 is 0 Å². The topological polar surface area (TPSA) is 67.4 Å². The van der Waals surface area contributed by atoms with Crippen molar-refractivity contribution in [2.24, 2.45) is 0 Å². The predicted octanol–water partition coefficient (Wildman–Crippen LogP) is 3.55. The van der Waals surface area contributed by atoms with Crippen LogP contribution >= 0.6 is 15.9 Å². The van der Waals surface area contributed by atoms with Crippen molar-refractivity contribution < 1.29 is 14.3 Å². The fraction of sp³-hybridized carbons (Fsp3) is 0.429. The van der Waals surface area contributed by atoms with Gasteiger partial charge in [-0.1, -0.05) is 13.3 Å². The fourth-order valence-corrected chi connectivity index (χ4v) is 1.98. The molecule has 0 fully saturated rings. The molecule has 2 N–H and O–H groups in total. The molecule has 20 heavy (non-hydrogen) atoms. The van der Waals surface area contributed by atoms with Crippen LogP contribution in [0, 0.1) is 0 Å². The summed E-state index contributed by atoms with van der Waals surface area (Å²) in [5.74, 6) is -0.382. The molecule has 0 heterocycles. The SMILES string of the molecule is CCCCNC(=O)Nc1ccc(C(=O)OCC)cc1Br. The quantitative estimate of drug-likeness (QED) is 0.613. The van der Waals surface area contributed by atoms with Crippen LogP contribution in [0.3, 0.4) is 0 Å². The zero-order chi connectivity index (χ0) is 15.0. The maximum atomic E-state index is 11.6. The Hall–Kier alpha value is -1.56. The molecule has 0 bridgehead atoms. The molecule has 0 unspecified atom stereocenters. The smallest absolute Gasteiger partial charge is 0.338 e. The Balaban J connectivity index is 2.64. The van der Waals surface area contributed by atoms with Gasteiger partial charge in [0.05, 0.1) is 17.9 Å². The third-order valence-corrected chi connectivity index (χ3v) is 3.20. The molecule has 1 aromatic rings. The number of halogens is 1. The largest absolute Gasteiger partial charge is 0.462 e. The van der Waals surface area contributed by atoms with Crippen molar-refractivity contribution >= 4 is 33.6 Å². The molecule has 0 radical (unpaired) electrons. The number of carbonyl (C=O) groups excluding carboxylic acids is 2. The van der Waals surface area contributed by atoms with E-state index in [1.54, 1.807) is 25.1 Å². The normalized spacial score (nSPS) is 9.95. The van der Waals surface area contributed by atoms with Crippen LogP contribution in [0.25, 0.3) is 0 Å². The number of nitrogens with one attached hydrogen (secondary N) is 2. The summed E-state index contributed by atoms with van der Waals surface area (Å²) in [4.78, 5) is 23.2. The minimum absolute atomic E-state index is 0.261. The number of carbonyl (C=O) groups is 2. The van der Waals surface area contributed by atoms with E-state index in [9.17, 15) is 9.59 Å². The molecule has 0 atom stereocenters. The number of ether oxygens (including phenoxy) is 1. The summed E-state index contributed by atoms with van der Waals surface area (Å²) < 4.78 is 5.54. The van der Waals surface area contributed by atoms with Crippen LogP contribution in [-0.2, 0) is 4.74 Å². The number of rotatable bonds is 6. The van der Waals surface area contributed by atoms with Crippen LogP contribution in [0.15, 0.2) is 22.7 Å². The maximum absolute atomic E-state index is 11.6. The number of hydrogen-bond acceptors (Lipinski definition) is 3. The van der Waals surface area contributed by atoms with Gasteiger partial charge in [0, 0.05) is 11.0 Å². The molecule has 6 heteroatoms. The molecule has 5 nitrogen and oxygen atoms in total. The summed E-state index contributed by atoms with van der Waals surface area (Å²) in [5, 5.41) is 5.47. The number of unbranched alkanes of at least 4 members (excludes halogenated alkanes) is 1. The Kier molecular flexibility index (Phi) is 7.08. The Bertz CT molecular complexity index is 477. The van der Waals surface area contributed by atoms with Crippen molar-refractivity contribution in [3.05, 3.63) is 28.2 Å². The van der Waals surface area contributed by atoms with E-state index in [4.69, 9.17) is 4.74 Å². The van der Waals surface area contributed by atoms with Crippen molar-refractivity contribution in [1.29, 1.82) is 0 Å². The minimum atomic E-state index is -0.382. The van der Waals surface area contributed by atoms with Gasteiger partial charge in [0.2, 0.25) is 0 Å². The summed E-state index contributed by atoms with van der Waals surface area (Å²) in [6.45, 7) is 4.78. The second-order valence-corrected chi connectivity index (χ2v) is 5.00. The number of amides is 2. The summed E-state index contributed by atoms with van der Waals surface area (Å²) in [6.07, 6.45) is 1.97. The van der Waals surface area contributed by atoms with E-state index in [-0.39, 0.29) is 12.0 Å². The molecule has 1 rings (SSSR count).